The number of benzene rings is 3. The third kappa shape index (κ3) is 4.42. The number of rotatable bonds is 6. The summed E-state index contributed by atoms with van der Waals surface area (Å²) in [5, 5.41) is 2.68. The summed E-state index contributed by atoms with van der Waals surface area (Å²) in [4.78, 5) is 0. The third-order valence-corrected chi connectivity index (χ3v) is 10.6. The highest BCUT2D eigenvalue weighted by Crippen LogP contribution is 2.36. The van der Waals surface area contributed by atoms with Crippen molar-refractivity contribution in [1.29, 1.82) is 0 Å². The van der Waals surface area contributed by atoms with Crippen LogP contribution in [0.25, 0.3) is 0 Å². The normalized spacial score (nSPS) is 12.1. The van der Waals surface area contributed by atoms with Gasteiger partial charge < -0.3 is 4.43 Å². The Hall–Kier alpha value is -1.68. The second-order valence-electron chi connectivity index (χ2n) is 7.89. The highest BCUT2D eigenvalue weighted by molar-refractivity contribution is 9.10. The Labute approximate surface area is 172 Å². The van der Waals surface area contributed by atoms with Gasteiger partial charge in [-0.3, -0.25) is 0 Å². The molecule has 3 aromatic carbocycles. The fourth-order valence-corrected chi connectivity index (χ4v) is 8.79. The number of halogens is 1. The second kappa shape index (κ2) is 8.55. The molecule has 0 N–H and O–H groups in total. The molecular formula is C24H27BrOSi. The Morgan fingerprint density at radius 2 is 1.33 bits per heavy atom. The van der Waals surface area contributed by atoms with Gasteiger partial charge in [0.25, 0.3) is 8.32 Å². The maximum Gasteiger partial charge on any atom is 0.261 e. The van der Waals surface area contributed by atoms with Crippen LogP contribution in [0.3, 0.4) is 0 Å². The molecule has 0 aliphatic heterocycles. The molecule has 0 aromatic heterocycles. The van der Waals surface area contributed by atoms with Crippen LogP contribution in [0.15, 0.2) is 89.4 Å². The van der Waals surface area contributed by atoms with Gasteiger partial charge >= 0.3 is 0 Å². The van der Waals surface area contributed by atoms with Gasteiger partial charge in [-0.05, 0) is 39.5 Å². The van der Waals surface area contributed by atoms with Crippen LogP contribution in [0.1, 0.15) is 26.3 Å². The van der Waals surface area contributed by atoms with E-state index < -0.39 is 8.32 Å². The van der Waals surface area contributed by atoms with Crippen LogP contribution in [0.4, 0.5) is 0 Å². The molecule has 3 aromatic rings. The lowest BCUT2D eigenvalue weighted by Crippen LogP contribution is -2.66. The summed E-state index contributed by atoms with van der Waals surface area (Å²) in [5.41, 5.74) is 1.29. The minimum atomic E-state index is -2.43. The number of hydrogen-bond donors (Lipinski definition) is 0. The van der Waals surface area contributed by atoms with Crippen molar-refractivity contribution in [3.63, 3.8) is 0 Å². The lowest BCUT2D eigenvalue weighted by molar-refractivity contribution is 0.302. The molecule has 0 atom stereocenters. The van der Waals surface area contributed by atoms with Gasteiger partial charge in [0.1, 0.15) is 0 Å². The Morgan fingerprint density at radius 1 is 0.778 bits per heavy atom. The van der Waals surface area contributed by atoms with Gasteiger partial charge in [-0.15, -0.1) is 0 Å². The fourth-order valence-electron chi connectivity index (χ4n) is 3.78. The van der Waals surface area contributed by atoms with Crippen molar-refractivity contribution in [2.24, 2.45) is 0 Å². The molecule has 0 aliphatic carbocycles. The van der Waals surface area contributed by atoms with Crippen molar-refractivity contribution in [3.8, 4) is 0 Å². The summed E-state index contributed by atoms with van der Waals surface area (Å²) in [6, 6.07) is 30.1. The topological polar surface area (TPSA) is 9.23 Å². The summed E-state index contributed by atoms with van der Waals surface area (Å²) in [5.74, 6) is 0. The standard InChI is InChI=1S/C24H27BrOSi/c1-24(2,3)27(22-13-6-4-7-14-22,23-15-8-5-9-16-23)26-18-17-20-11-10-12-21(25)19-20/h4-16,19H,17-18H2,1-3H3. The van der Waals surface area contributed by atoms with Crippen LogP contribution in [-0.4, -0.2) is 14.9 Å². The predicted octanol–water partition coefficient (Wildman–Crippen LogP) is 5.57. The first-order valence-electron chi connectivity index (χ1n) is 9.43. The van der Waals surface area contributed by atoms with Crippen LogP contribution in [0.2, 0.25) is 5.04 Å². The molecule has 0 bridgehead atoms. The van der Waals surface area contributed by atoms with Crippen LogP contribution >= 0.6 is 15.9 Å². The monoisotopic (exact) mass is 438 g/mol. The Kier molecular flexibility index (Phi) is 6.35. The molecule has 3 heteroatoms. The molecule has 0 heterocycles. The molecule has 0 saturated heterocycles. The zero-order valence-corrected chi connectivity index (χ0v) is 18.9. The van der Waals surface area contributed by atoms with Gasteiger partial charge in [0, 0.05) is 11.1 Å². The molecule has 140 valence electrons. The van der Waals surface area contributed by atoms with Crippen LogP contribution in [0, 0.1) is 0 Å². The van der Waals surface area contributed by atoms with E-state index in [9.17, 15) is 0 Å². The van der Waals surface area contributed by atoms with Crippen molar-refractivity contribution >= 4 is 34.6 Å². The van der Waals surface area contributed by atoms with E-state index in [1.807, 2.05) is 0 Å². The van der Waals surface area contributed by atoms with E-state index in [1.54, 1.807) is 0 Å². The van der Waals surface area contributed by atoms with Crippen molar-refractivity contribution in [1.82, 2.24) is 0 Å². The van der Waals surface area contributed by atoms with Crippen LogP contribution in [-0.2, 0) is 10.8 Å². The minimum Gasteiger partial charge on any atom is -0.407 e. The molecule has 0 unspecified atom stereocenters. The van der Waals surface area contributed by atoms with E-state index in [0.29, 0.717) is 6.61 Å². The SMILES string of the molecule is CC(C)(C)[Si](OCCc1cccc(Br)c1)(c1ccccc1)c1ccccc1. The highest BCUT2D eigenvalue weighted by atomic mass is 79.9. The average Bonchev–Trinajstić information content (AvgIpc) is 2.66. The van der Waals surface area contributed by atoms with Gasteiger partial charge in [0.2, 0.25) is 0 Å². The first kappa shape index (κ1) is 20.1. The van der Waals surface area contributed by atoms with E-state index in [-0.39, 0.29) is 5.04 Å². The molecule has 3 rings (SSSR count). The van der Waals surface area contributed by atoms with Crippen molar-refractivity contribution in [2.45, 2.75) is 32.2 Å². The quantitative estimate of drug-likeness (QED) is 0.457. The van der Waals surface area contributed by atoms with E-state index in [4.69, 9.17) is 4.43 Å². The summed E-state index contributed by atoms with van der Waals surface area (Å²) >= 11 is 3.57. The Bertz CT molecular complexity index is 817. The van der Waals surface area contributed by atoms with Gasteiger partial charge in [-0.25, -0.2) is 0 Å². The Morgan fingerprint density at radius 3 is 1.81 bits per heavy atom. The number of hydrogen-bond acceptors (Lipinski definition) is 1. The molecular weight excluding hydrogens is 412 g/mol. The molecule has 0 fully saturated rings. The van der Waals surface area contributed by atoms with Crippen molar-refractivity contribution in [3.05, 3.63) is 95.0 Å². The third-order valence-electron chi connectivity index (χ3n) is 5.02. The van der Waals surface area contributed by atoms with Crippen molar-refractivity contribution in [2.75, 3.05) is 6.61 Å². The van der Waals surface area contributed by atoms with Crippen molar-refractivity contribution < 1.29 is 4.43 Å². The summed E-state index contributed by atoms with van der Waals surface area (Å²) in [7, 11) is -2.43. The lowest BCUT2D eigenvalue weighted by atomic mass is 10.2. The average molecular weight is 439 g/mol. The smallest absolute Gasteiger partial charge is 0.261 e. The summed E-state index contributed by atoms with van der Waals surface area (Å²) in [6.45, 7) is 7.67. The van der Waals surface area contributed by atoms with E-state index in [2.05, 4.69) is 122 Å². The van der Waals surface area contributed by atoms with Gasteiger partial charge in [0.15, 0.2) is 0 Å². The predicted molar refractivity (Wildman–Crippen MR) is 121 cm³/mol. The molecule has 0 spiro atoms. The van der Waals surface area contributed by atoms with E-state index in [0.717, 1.165) is 10.9 Å². The largest absolute Gasteiger partial charge is 0.407 e. The Balaban J connectivity index is 1.99. The van der Waals surface area contributed by atoms with E-state index >= 15 is 0 Å². The summed E-state index contributed by atoms with van der Waals surface area (Å²) in [6.07, 6.45) is 0.907. The molecule has 0 aliphatic rings. The fraction of sp³-hybridized carbons (Fsp3) is 0.250. The maximum absolute atomic E-state index is 6.93. The lowest BCUT2D eigenvalue weighted by Gasteiger charge is -2.43. The molecule has 1 nitrogen and oxygen atoms in total. The van der Waals surface area contributed by atoms with Crippen LogP contribution in [0.5, 0.6) is 0 Å². The van der Waals surface area contributed by atoms with Gasteiger partial charge in [0.05, 0.1) is 0 Å². The van der Waals surface area contributed by atoms with Gasteiger partial charge in [-0.1, -0.05) is 109 Å². The molecule has 27 heavy (non-hydrogen) atoms. The molecule has 0 amide bonds. The second-order valence-corrected chi connectivity index (χ2v) is 13.1. The minimum absolute atomic E-state index is 0.0208. The summed E-state index contributed by atoms with van der Waals surface area (Å²) < 4.78 is 8.05. The van der Waals surface area contributed by atoms with E-state index in [1.165, 1.54) is 15.9 Å². The first-order chi connectivity index (χ1) is 12.9. The zero-order valence-electron chi connectivity index (χ0n) is 16.3. The highest BCUT2D eigenvalue weighted by Gasteiger charge is 2.49. The van der Waals surface area contributed by atoms with Gasteiger partial charge in [-0.2, -0.15) is 0 Å². The molecule has 0 radical (unpaired) electrons. The zero-order chi connectivity index (χ0) is 19.3. The maximum atomic E-state index is 6.93. The van der Waals surface area contributed by atoms with Crippen LogP contribution < -0.4 is 10.4 Å². The first-order valence-corrected chi connectivity index (χ1v) is 12.1. The molecule has 0 saturated carbocycles.